The third-order valence-electron chi connectivity index (χ3n) is 4.10. The van der Waals surface area contributed by atoms with Gasteiger partial charge >= 0.3 is 136 Å². The molecule has 108 valence electrons. The van der Waals surface area contributed by atoms with Gasteiger partial charge in [0.25, 0.3) is 0 Å². The summed E-state index contributed by atoms with van der Waals surface area (Å²) in [5, 5.41) is 18.9. The molecule has 20 heavy (non-hydrogen) atoms. The van der Waals surface area contributed by atoms with Crippen LogP contribution in [0.5, 0.6) is 0 Å². The summed E-state index contributed by atoms with van der Waals surface area (Å²) in [5.41, 5.74) is 1.14. The van der Waals surface area contributed by atoms with Crippen molar-refractivity contribution in [1.82, 2.24) is 0 Å². The van der Waals surface area contributed by atoms with Gasteiger partial charge in [0.1, 0.15) is 0 Å². The van der Waals surface area contributed by atoms with Crippen molar-refractivity contribution in [2.75, 3.05) is 13.2 Å². The Morgan fingerprint density at radius 2 is 2.05 bits per heavy atom. The molecule has 1 fully saturated rings. The second-order valence-electron chi connectivity index (χ2n) is 5.52. The fourth-order valence-electron chi connectivity index (χ4n) is 2.76. The van der Waals surface area contributed by atoms with E-state index in [1.807, 2.05) is 30.3 Å². The summed E-state index contributed by atoms with van der Waals surface area (Å²) in [6.07, 6.45) is 1.04. The molecule has 0 spiro atoms. The molecule has 0 aromatic heterocycles. The quantitative estimate of drug-likeness (QED) is 0.529. The molecule has 1 aliphatic rings. The van der Waals surface area contributed by atoms with Crippen LogP contribution < -0.4 is 0 Å². The summed E-state index contributed by atoms with van der Waals surface area (Å²) in [6, 6.07) is 10.1. The van der Waals surface area contributed by atoms with Crippen LogP contribution in [0, 0.1) is 17.8 Å². The molecule has 0 radical (unpaired) electrons. The number of hydrogen-bond acceptors (Lipinski definition) is 3. The normalized spacial score (nSPS) is 23.9. The second-order valence-corrected chi connectivity index (χ2v) is 12.6. The van der Waals surface area contributed by atoms with Gasteiger partial charge in [-0.1, -0.05) is 0 Å². The molecular formula is C15H21ClHgO3. The van der Waals surface area contributed by atoms with Crippen LogP contribution >= 0.6 is 8.25 Å². The topological polar surface area (TPSA) is 49.7 Å². The molecule has 2 N–H and O–H groups in total. The summed E-state index contributed by atoms with van der Waals surface area (Å²) >= 11 is -1.31. The Balaban J connectivity index is 1.95. The number of halogens is 1. The average molecular weight is 485 g/mol. The molecule has 3 nitrogen and oxygen atoms in total. The molecule has 1 aromatic carbocycles. The Kier molecular flexibility index (Phi) is 7.25. The number of rotatable bonds is 9. The Bertz CT molecular complexity index is 390. The van der Waals surface area contributed by atoms with Gasteiger partial charge in [-0.3, -0.25) is 0 Å². The van der Waals surface area contributed by atoms with E-state index in [0.717, 1.165) is 15.9 Å². The predicted octanol–water partition coefficient (Wildman–Crippen LogP) is 2.46. The number of ether oxygens (including phenoxy) is 1. The fourth-order valence-corrected chi connectivity index (χ4v) is 8.29. The van der Waals surface area contributed by atoms with Gasteiger partial charge in [0.2, 0.25) is 0 Å². The van der Waals surface area contributed by atoms with Crippen molar-refractivity contribution in [3.63, 3.8) is 0 Å². The van der Waals surface area contributed by atoms with Gasteiger partial charge in [-0.2, -0.15) is 0 Å². The van der Waals surface area contributed by atoms with Gasteiger partial charge < -0.3 is 0 Å². The zero-order chi connectivity index (χ0) is 14.4. The van der Waals surface area contributed by atoms with Gasteiger partial charge in [-0.25, -0.2) is 0 Å². The van der Waals surface area contributed by atoms with Crippen LogP contribution in [-0.2, 0) is 34.7 Å². The molecule has 0 bridgehead atoms. The van der Waals surface area contributed by atoms with Crippen LogP contribution in [0.4, 0.5) is 0 Å². The molecule has 1 aliphatic carbocycles. The predicted molar refractivity (Wildman–Crippen MR) is 74.9 cm³/mol. The first-order chi connectivity index (χ1) is 9.80. The zero-order valence-electron chi connectivity index (χ0n) is 11.6. The molecule has 1 aromatic rings. The third kappa shape index (κ3) is 4.67. The molecule has 0 amide bonds. The van der Waals surface area contributed by atoms with Crippen LogP contribution in [0.2, 0.25) is 3.93 Å². The van der Waals surface area contributed by atoms with Crippen molar-refractivity contribution < 1.29 is 38.3 Å². The SMILES string of the molecule is OC[C@H]([CH2][Hg][Cl])C(OCc1ccccc1)[C@H]1C[C@@H]1CO. The van der Waals surface area contributed by atoms with E-state index in [1.165, 1.54) is 0 Å². The van der Waals surface area contributed by atoms with Crippen molar-refractivity contribution in [1.29, 1.82) is 0 Å². The molecule has 0 heterocycles. The Morgan fingerprint density at radius 3 is 2.60 bits per heavy atom. The standard InChI is InChI=1S/C15H21O3.ClH.Hg/c1-11(8-16)15(14-7-13(14)9-17)18-10-12-5-3-2-4-6-12;;/h2-6,11,13-17H,1,7-10H2;1H;/q;;+1/p-1/t11-,13+,14-,15?;;/m0../s1. The molecule has 4 atom stereocenters. The van der Waals surface area contributed by atoms with E-state index in [0.29, 0.717) is 18.4 Å². The van der Waals surface area contributed by atoms with E-state index in [2.05, 4.69) is 0 Å². The molecule has 0 aliphatic heterocycles. The Hall–Kier alpha value is 0.325. The maximum absolute atomic E-state index is 9.59. The van der Waals surface area contributed by atoms with Crippen molar-refractivity contribution in [3.8, 4) is 0 Å². The summed E-state index contributed by atoms with van der Waals surface area (Å²) in [4.78, 5) is 0. The van der Waals surface area contributed by atoms with Crippen LogP contribution in [0.1, 0.15) is 12.0 Å². The number of benzene rings is 1. The van der Waals surface area contributed by atoms with Gasteiger partial charge in [-0.05, 0) is 0 Å². The first-order valence-electron chi connectivity index (χ1n) is 7.23. The van der Waals surface area contributed by atoms with E-state index >= 15 is 0 Å². The summed E-state index contributed by atoms with van der Waals surface area (Å²) in [6.45, 7) is 0.926. The van der Waals surface area contributed by atoms with E-state index in [9.17, 15) is 10.2 Å². The molecule has 5 heteroatoms. The van der Waals surface area contributed by atoms with Gasteiger partial charge in [0, 0.05) is 0 Å². The van der Waals surface area contributed by atoms with Crippen LogP contribution in [0.15, 0.2) is 30.3 Å². The van der Waals surface area contributed by atoms with Gasteiger partial charge in [-0.15, -0.1) is 0 Å². The van der Waals surface area contributed by atoms with E-state index in [-0.39, 0.29) is 25.2 Å². The summed E-state index contributed by atoms with van der Waals surface area (Å²) < 4.78 is 7.06. The third-order valence-corrected chi connectivity index (χ3v) is 9.74. The Labute approximate surface area is 136 Å². The first-order valence-corrected chi connectivity index (χ1v) is 17.9. The minimum atomic E-state index is -1.31. The molecule has 1 saturated carbocycles. The van der Waals surface area contributed by atoms with E-state index < -0.39 is 23.3 Å². The summed E-state index contributed by atoms with van der Waals surface area (Å²) in [7, 11) is 6.04. The van der Waals surface area contributed by atoms with Crippen molar-refractivity contribution in [3.05, 3.63) is 35.9 Å². The molecule has 1 unspecified atom stereocenters. The van der Waals surface area contributed by atoms with Crippen LogP contribution in [-0.4, -0.2) is 29.5 Å². The average Bonchev–Trinajstić information content (AvgIpc) is 3.27. The molecule has 2 rings (SSSR count). The van der Waals surface area contributed by atoms with E-state index in [1.54, 1.807) is 0 Å². The Morgan fingerprint density at radius 1 is 1.30 bits per heavy atom. The first kappa shape index (κ1) is 16.7. The van der Waals surface area contributed by atoms with Crippen LogP contribution in [0.25, 0.3) is 0 Å². The fraction of sp³-hybridized carbons (Fsp3) is 0.600. The minimum absolute atomic E-state index is 0.0381. The van der Waals surface area contributed by atoms with Crippen molar-refractivity contribution in [2.24, 2.45) is 17.8 Å². The van der Waals surface area contributed by atoms with E-state index in [4.69, 9.17) is 13.0 Å². The second kappa shape index (κ2) is 8.69. The zero-order valence-corrected chi connectivity index (χ0v) is 17.9. The van der Waals surface area contributed by atoms with Crippen LogP contribution in [0.3, 0.4) is 0 Å². The van der Waals surface area contributed by atoms with Gasteiger partial charge in [0.15, 0.2) is 0 Å². The molecule has 0 saturated heterocycles. The van der Waals surface area contributed by atoms with Gasteiger partial charge in [0.05, 0.1) is 0 Å². The molecular weight excluding hydrogens is 464 g/mol. The number of aliphatic hydroxyl groups excluding tert-OH is 2. The number of hydrogen-bond donors (Lipinski definition) is 2. The van der Waals surface area contributed by atoms with Crippen molar-refractivity contribution >= 4 is 8.25 Å². The number of aliphatic hydroxyl groups is 2. The maximum atomic E-state index is 9.59. The summed E-state index contributed by atoms with van der Waals surface area (Å²) in [5.74, 6) is 0.883. The monoisotopic (exact) mass is 486 g/mol. The van der Waals surface area contributed by atoms with Crippen molar-refractivity contribution in [2.45, 2.75) is 23.1 Å².